The second-order valence-corrected chi connectivity index (χ2v) is 6.72. The maximum atomic E-state index is 9.47. The Kier molecular flexibility index (Phi) is 4.89. The zero-order valence-corrected chi connectivity index (χ0v) is 14.8. The van der Waals surface area contributed by atoms with E-state index in [2.05, 4.69) is 20.6 Å². The molecule has 0 amide bonds. The van der Waals surface area contributed by atoms with Crippen molar-refractivity contribution in [3.63, 3.8) is 0 Å². The third-order valence-electron chi connectivity index (χ3n) is 3.72. The summed E-state index contributed by atoms with van der Waals surface area (Å²) in [5.74, 6) is 1.44. The molecule has 0 fully saturated rings. The first kappa shape index (κ1) is 17.0. The van der Waals surface area contributed by atoms with Crippen molar-refractivity contribution in [3.05, 3.63) is 40.4 Å². The summed E-state index contributed by atoms with van der Waals surface area (Å²) in [5, 5.41) is 26.6. The molecule has 0 saturated heterocycles. The molecule has 24 heavy (non-hydrogen) atoms. The number of rotatable bonds is 5. The Morgan fingerprint density at radius 1 is 1.12 bits per heavy atom. The van der Waals surface area contributed by atoms with Gasteiger partial charge >= 0.3 is 0 Å². The van der Waals surface area contributed by atoms with Gasteiger partial charge in [0.25, 0.3) is 0 Å². The van der Waals surface area contributed by atoms with E-state index in [0.717, 1.165) is 5.56 Å². The van der Waals surface area contributed by atoms with Gasteiger partial charge in [0.1, 0.15) is 5.82 Å². The van der Waals surface area contributed by atoms with Crippen molar-refractivity contribution in [3.8, 4) is 11.4 Å². The van der Waals surface area contributed by atoms with Crippen LogP contribution in [0.15, 0.2) is 30.3 Å². The molecule has 126 valence electrons. The van der Waals surface area contributed by atoms with Gasteiger partial charge in [0.05, 0.1) is 12.6 Å². The molecule has 3 rings (SSSR count). The van der Waals surface area contributed by atoms with E-state index in [1.807, 2.05) is 26.0 Å². The highest BCUT2D eigenvalue weighted by atomic mass is 35.5. The number of aliphatic hydroxyl groups is 1. The Balaban J connectivity index is 2.03. The molecule has 0 aliphatic rings. The number of benzene rings is 1. The van der Waals surface area contributed by atoms with E-state index in [1.54, 1.807) is 22.7 Å². The second-order valence-electron chi connectivity index (χ2n) is 5.85. The zero-order valence-electron chi connectivity index (χ0n) is 13.2. The van der Waals surface area contributed by atoms with E-state index in [-0.39, 0.29) is 18.6 Å². The minimum Gasteiger partial charge on any atom is -0.394 e. The van der Waals surface area contributed by atoms with E-state index in [0.29, 0.717) is 27.3 Å². The molecule has 8 heteroatoms. The average Bonchev–Trinajstić information content (AvgIpc) is 2.94. The Bertz CT molecular complexity index is 845. The first-order valence-corrected chi connectivity index (χ1v) is 8.30. The zero-order chi connectivity index (χ0) is 17.3. The lowest BCUT2D eigenvalue weighted by atomic mass is 10.1. The Hall–Kier alpha value is -1.89. The van der Waals surface area contributed by atoms with Crippen LogP contribution in [0, 0.1) is 5.92 Å². The summed E-state index contributed by atoms with van der Waals surface area (Å²) in [7, 11) is 0. The molecule has 3 aromatic rings. The quantitative estimate of drug-likeness (QED) is 0.723. The molecule has 0 bridgehead atoms. The number of hydrogen-bond donors (Lipinski definition) is 2. The molecule has 2 aromatic heterocycles. The van der Waals surface area contributed by atoms with E-state index >= 15 is 0 Å². The van der Waals surface area contributed by atoms with Crippen molar-refractivity contribution in [2.24, 2.45) is 5.92 Å². The van der Waals surface area contributed by atoms with Crippen molar-refractivity contribution in [2.75, 3.05) is 11.9 Å². The summed E-state index contributed by atoms with van der Waals surface area (Å²) < 4.78 is 1.62. The largest absolute Gasteiger partial charge is 0.394 e. The molecule has 6 nitrogen and oxygen atoms in total. The lowest BCUT2D eigenvalue weighted by Gasteiger charge is -2.20. The van der Waals surface area contributed by atoms with Crippen LogP contribution in [0.5, 0.6) is 0 Å². The SMILES string of the molecule is CC(C)[C@@H](CO)Nc1ccc2nnc(-c3cc(Cl)cc(Cl)c3)n2n1. The Labute approximate surface area is 149 Å². The maximum Gasteiger partial charge on any atom is 0.185 e. The first-order chi connectivity index (χ1) is 11.5. The second kappa shape index (κ2) is 6.93. The van der Waals surface area contributed by atoms with Gasteiger partial charge in [-0.3, -0.25) is 0 Å². The van der Waals surface area contributed by atoms with Gasteiger partial charge in [-0.2, -0.15) is 4.52 Å². The van der Waals surface area contributed by atoms with Crippen molar-refractivity contribution < 1.29 is 5.11 Å². The number of fused-ring (bicyclic) bond motifs is 1. The number of nitrogens with one attached hydrogen (secondary N) is 1. The number of halogens is 2. The van der Waals surface area contributed by atoms with E-state index < -0.39 is 0 Å². The van der Waals surface area contributed by atoms with Gasteiger partial charge in [0, 0.05) is 15.6 Å². The van der Waals surface area contributed by atoms with Crippen molar-refractivity contribution in [1.29, 1.82) is 0 Å². The normalized spacial score (nSPS) is 12.8. The van der Waals surface area contributed by atoms with Crippen LogP contribution in [0.4, 0.5) is 5.82 Å². The molecular weight excluding hydrogens is 349 g/mol. The Morgan fingerprint density at radius 3 is 2.46 bits per heavy atom. The topological polar surface area (TPSA) is 75.3 Å². The molecule has 0 unspecified atom stereocenters. The number of aliphatic hydroxyl groups excluding tert-OH is 1. The fourth-order valence-electron chi connectivity index (χ4n) is 2.34. The molecule has 0 aliphatic heterocycles. The summed E-state index contributed by atoms with van der Waals surface area (Å²) >= 11 is 12.1. The van der Waals surface area contributed by atoms with Gasteiger partial charge in [0.2, 0.25) is 0 Å². The third kappa shape index (κ3) is 3.45. The fourth-order valence-corrected chi connectivity index (χ4v) is 2.87. The third-order valence-corrected chi connectivity index (χ3v) is 4.15. The van der Waals surface area contributed by atoms with Crippen LogP contribution < -0.4 is 5.32 Å². The van der Waals surface area contributed by atoms with Gasteiger partial charge in [-0.15, -0.1) is 15.3 Å². The smallest absolute Gasteiger partial charge is 0.185 e. The van der Waals surface area contributed by atoms with E-state index in [9.17, 15) is 5.11 Å². The first-order valence-electron chi connectivity index (χ1n) is 7.54. The molecule has 0 saturated carbocycles. The molecule has 0 spiro atoms. The van der Waals surface area contributed by atoms with Crippen LogP contribution in [0.2, 0.25) is 10.0 Å². The molecular formula is C16H17Cl2N5O. The van der Waals surface area contributed by atoms with Crippen molar-refractivity contribution in [1.82, 2.24) is 19.8 Å². The lowest BCUT2D eigenvalue weighted by molar-refractivity contribution is 0.249. The minimum atomic E-state index is -0.0875. The molecule has 0 radical (unpaired) electrons. The summed E-state index contributed by atoms with van der Waals surface area (Å²) in [6, 6.07) is 8.71. The van der Waals surface area contributed by atoms with Crippen LogP contribution in [0.25, 0.3) is 17.0 Å². The molecule has 1 aromatic carbocycles. The highest BCUT2D eigenvalue weighted by Crippen LogP contribution is 2.26. The number of hydrogen-bond acceptors (Lipinski definition) is 5. The summed E-state index contributed by atoms with van der Waals surface area (Å²) in [6.07, 6.45) is 0. The minimum absolute atomic E-state index is 0.0241. The van der Waals surface area contributed by atoms with Crippen LogP contribution >= 0.6 is 23.2 Å². The molecule has 2 N–H and O–H groups in total. The number of aromatic nitrogens is 4. The summed E-state index contributed by atoms with van der Waals surface area (Å²) in [6.45, 7) is 4.09. The highest BCUT2D eigenvalue weighted by Gasteiger charge is 2.15. The summed E-state index contributed by atoms with van der Waals surface area (Å²) in [5.41, 5.74) is 1.34. The predicted molar refractivity (Wildman–Crippen MR) is 95.6 cm³/mol. The number of nitrogens with zero attached hydrogens (tertiary/aromatic N) is 4. The summed E-state index contributed by atoms with van der Waals surface area (Å²) in [4.78, 5) is 0. The predicted octanol–water partition coefficient (Wildman–Crippen LogP) is 3.53. The van der Waals surface area contributed by atoms with Crippen LogP contribution in [-0.4, -0.2) is 37.6 Å². The average molecular weight is 366 g/mol. The maximum absolute atomic E-state index is 9.47. The van der Waals surface area contributed by atoms with Crippen molar-refractivity contribution >= 4 is 34.7 Å². The van der Waals surface area contributed by atoms with Gasteiger partial charge in [-0.05, 0) is 36.2 Å². The monoisotopic (exact) mass is 365 g/mol. The lowest BCUT2D eigenvalue weighted by Crippen LogP contribution is -2.30. The van der Waals surface area contributed by atoms with Crippen LogP contribution in [0.3, 0.4) is 0 Å². The van der Waals surface area contributed by atoms with Crippen LogP contribution in [0.1, 0.15) is 13.8 Å². The highest BCUT2D eigenvalue weighted by molar-refractivity contribution is 6.35. The Morgan fingerprint density at radius 2 is 1.83 bits per heavy atom. The van der Waals surface area contributed by atoms with E-state index in [1.165, 1.54) is 0 Å². The van der Waals surface area contributed by atoms with Gasteiger partial charge in [-0.25, -0.2) is 0 Å². The van der Waals surface area contributed by atoms with Crippen molar-refractivity contribution in [2.45, 2.75) is 19.9 Å². The molecule has 1 atom stereocenters. The van der Waals surface area contributed by atoms with Gasteiger partial charge < -0.3 is 10.4 Å². The van der Waals surface area contributed by atoms with Gasteiger partial charge in [-0.1, -0.05) is 37.0 Å². The van der Waals surface area contributed by atoms with E-state index in [4.69, 9.17) is 23.2 Å². The van der Waals surface area contributed by atoms with Crippen LogP contribution in [-0.2, 0) is 0 Å². The fraction of sp³-hybridized carbons (Fsp3) is 0.312. The molecule has 2 heterocycles. The standard InChI is InChI=1S/C16H17Cl2N5O/c1-9(2)13(8-24)19-14-3-4-15-20-21-16(23(15)22-14)10-5-11(17)7-12(18)6-10/h3-7,9,13,24H,8H2,1-2H3,(H,19,22)/t13-/m1/s1. The number of anilines is 1. The molecule has 0 aliphatic carbocycles. The van der Waals surface area contributed by atoms with Gasteiger partial charge in [0.15, 0.2) is 11.5 Å².